The van der Waals surface area contributed by atoms with Crippen molar-refractivity contribution in [3.8, 4) is 0 Å². The number of amides is 1. The van der Waals surface area contributed by atoms with E-state index in [1.54, 1.807) is 0 Å². The predicted molar refractivity (Wildman–Crippen MR) is 93.7 cm³/mol. The lowest BCUT2D eigenvalue weighted by molar-refractivity contribution is -0.116. The highest BCUT2D eigenvalue weighted by atomic mass is 35.5. The van der Waals surface area contributed by atoms with E-state index in [4.69, 9.17) is 0 Å². The lowest BCUT2D eigenvalue weighted by atomic mass is 9.92. The first kappa shape index (κ1) is 19.9. The Morgan fingerprint density at radius 2 is 1.62 bits per heavy atom. The average Bonchev–Trinajstić information content (AvgIpc) is 2.38. The summed E-state index contributed by atoms with van der Waals surface area (Å²) in [4.78, 5) is 12.1. The summed E-state index contributed by atoms with van der Waals surface area (Å²) >= 11 is 0. The van der Waals surface area contributed by atoms with Crippen molar-refractivity contribution in [1.82, 2.24) is 5.32 Å². The first-order valence-corrected chi connectivity index (χ1v) is 7.54. The van der Waals surface area contributed by atoms with E-state index in [-0.39, 0.29) is 18.3 Å². The Kier molecular flexibility index (Phi) is 9.31. The first-order valence-electron chi connectivity index (χ1n) is 7.54. The summed E-state index contributed by atoms with van der Waals surface area (Å²) in [6.45, 7) is 9.52. The molecule has 0 heterocycles. The van der Waals surface area contributed by atoms with Gasteiger partial charge in [-0.25, -0.2) is 0 Å². The number of carbonyl (C=O) groups excluding carboxylic acids is 1. The van der Waals surface area contributed by atoms with E-state index in [1.165, 1.54) is 11.1 Å². The van der Waals surface area contributed by atoms with Crippen LogP contribution in [0.1, 0.15) is 63.5 Å². The lowest BCUT2D eigenvalue weighted by Gasteiger charge is -2.20. The molecule has 0 saturated carbocycles. The standard InChI is InChI=1S/C17H28N2O.ClH/c1-12(2)14-8-6-9-15(13(3)4)17(14)19-16(20)10-7-11-18-5;/h6,8-9,12-13,18H,7,10-11H2,1-5H3,(H,19,20);1H. The molecule has 0 aliphatic carbocycles. The molecule has 0 unspecified atom stereocenters. The van der Waals surface area contributed by atoms with Crippen molar-refractivity contribution in [2.75, 3.05) is 18.9 Å². The van der Waals surface area contributed by atoms with Gasteiger partial charge in [-0.1, -0.05) is 45.9 Å². The molecule has 0 atom stereocenters. The van der Waals surface area contributed by atoms with Gasteiger partial charge in [0.05, 0.1) is 0 Å². The van der Waals surface area contributed by atoms with E-state index >= 15 is 0 Å². The SMILES string of the molecule is CNCCCC(=O)Nc1c(C(C)C)cccc1C(C)C.Cl. The molecule has 0 fully saturated rings. The predicted octanol–water partition coefficient (Wildman–Crippen LogP) is 4.29. The van der Waals surface area contributed by atoms with Crippen molar-refractivity contribution >= 4 is 24.0 Å². The molecule has 120 valence electrons. The molecule has 2 N–H and O–H groups in total. The summed E-state index contributed by atoms with van der Waals surface area (Å²) in [6, 6.07) is 6.31. The van der Waals surface area contributed by atoms with Crippen molar-refractivity contribution < 1.29 is 4.79 Å². The molecule has 0 aliphatic rings. The highest BCUT2D eigenvalue weighted by molar-refractivity contribution is 5.92. The molecule has 0 aromatic heterocycles. The molecular formula is C17H29ClN2O. The Morgan fingerprint density at radius 1 is 1.10 bits per heavy atom. The number of hydrogen-bond acceptors (Lipinski definition) is 2. The molecule has 0 radical (unpaired) electrons. The zero-order valence-corrected chi connectivity index (χ0v) is 14.6. The number of carbonyl (C=O) groups is 1. The summed E-state index contributed by atoms with van der Waals surface area (Å²) in [5.41, 5.74) is 3.46. The van der Waals surface area contributed by atoms with Gasteiger partial charge < -0.3 is 10.6 Å². The fraction of sp³-hybridized carbons (Fsp3) is 0.588. The minimum Gasteiger partial charge on any atom is -0.326 e. The van der Waals surface area contributed by atoms with Crippen LogP contribution >= 0.6 is 12.4 Å². The highest BCUT2D eigenvalue weighted by Crippen LogP contribution is 2.32. The normalized spacial score (nSPS) is 10.6. The van der Waals surface area contributed by atoms with Crippen LogP contribution in [0.3, 0.4) is 0 Å². The van der Waals surface area contributed by atoms with Gasteiger partial charge in [-0.15, -0.1) is 12.4 Å². The van der Waals surface area contributed by atoms with Gasteiger partial charge in [0.15, 0.2) is 0 Å². The zero-order valence-electron chi connectivity index (χ0n) is 13.8. The number of rotatable bonds is 7. The van der Waals surface area contributed by atoms with Crippen molar-refractivity contribution in [3.05, 3.63) is 29.3 Å². The first-order chi connectivity index (χ1) is 9.47. The number of halogens is 1. The van der Waals surface area contributed by atoms with E-state index in [0.29, 0.717) is 18.3 Å². The molecule has 0 saturated heterocycles. The van der Waals surface area contributed by atoms with Crippen LogP contribution in [0.4, 0.5) is 5.69 Å². The van der Waals surface area contributed by atoms with Crippen LogP contribution in [0, 0.1) is 0 Å². The van der Waals surface area contributed by atoms with Crippen LogP contribution in [0.15, 0.2) is 18.2 Å². The summed E-state index contributed by atoms with van der Waals surface area (Å²) in [7, 11) is 1.91. The maximum atomic E-state index is 12.1. The molecule has 1 aromatic carbocycles. The van der Waals surface area contributed by atoms with E-state index < -0.39 is 0 Å². The van der Waals surface area contributed by atoms with E-state index in [9.17, 15) is 4.79 Å². The molecule has 3 nitrogen and oxygen atoms in total. The van der Waals surface area contributed by atoms with Crippen LogP contribution in [0.5, 0.6) is 0 Å². The second kappa shape index (κ2) is 9.80. The van der Waals surface area contributed by atoms with Gasteiger partial charge in [0.25, 0.3) is 0 Å². The topological polar surface area (TPSA) is 41.1 Å². The Labute approximate surface area is 135 Å². The molecule has 1 amide bonds. The molecule has 0 bridgehead atoms. The third-order valence-corrected chi connectivity index (χ3v) is 3.47. The third-order valence-electron chi connectivity index (χ3n) is 3.47. The second-order valence-corrected chi connectivity index (χ2v) is 5.88. The van der Waals surface area contributed by atoms with Gasteiger partial charge in [0, 0.05) is 12.1 Å². The van der Waals surface area contributed by atoms with Crippen molar-refractivity contribution in [1.29, 1.82) is 0 Å². The number of nitrogens with one attached hydrogen (secondary N) is 2. The Balaban J connectivity index is 0.00000400. The van der Waals surface area contributed by atoms with Crippen molar-refractivity contribution in [2.45, 2.75) is 52.4 Å². The monoisotopic (exact) mass is 312 g/mol. The maximum Gasteiger partial charge on any atom is 0.224 e. The summed E-state index contributed by atoms with van der Waals surface area (Å²) in [5, 5.41) is 6.20. The molecular weight excluding hydrogens is 284 g/mol. The Bertz CT molecular complexity index is 418. The van der Waals surface area contributed by atoms with Crippen LogP contribution in [-0.2, 0) is 4.79 Å². The van der Waals surface area contributed by atoms with Gasteiger partial charge in [0.2, 0.25) is 5.91 Å². The average molecular weight is 313 g/mol. The van der Waals surface area contributed by atoms with Gasteiger partial charge in [-0.05, 0) is 43.0 Å². The van der Waals surface area contributed by atoms with Gasteiger partial charge >= 0.3 is 0 Å². The number of benzene rings is 1. The van der Waals surface area contributed by atoms with E-state index in [1.807, 2.05) is 7.05 Å². The highest BCUT2D eigenvalue weighted by Gasteiger charge is 2.15. The van der Waals surface area contributed by atoms with Gasteiger partial charge in [-0.2, -0.15) is 0 Å². The fourth-order valence-electron chi connectivity index (χ4n) is 2.32. The quantitative estimate of drug-likeness (QED) is 0.737. The minimum atomic E-state index is 0. The van der Waals surface area contributed by atoms with Crippen molar-refractivity contribution in [3.63, 3.8) is 0 Å². The Hall–Kier alpha value is -1.06. The Morgan fingerprint density at radius 3 is 2.05 bits per heavy atom. The number of anilines is 1. The van der Waals surface area contributed by atoms with Crippen molar-refractivity contribution in [2.24, 2.45) is 0 Å². The van der Waals surface area contributed by atoms with Crippen LogP contribution in [0.2, 0.25) is 0 Å². The largest absolute Gasteiger partial charge is 0.326 e. The molecule has 0 aliphatic heterocycles. The lowest BCUT2D eigenvalue weighted by Crippen LogP contribution is -2.17. The molecule has 21 heavy (non-hydrogen) atoms. The number of para-hydroxylation sites is 1. The zero-order chi connectivity index (χ0) is 15.1. The summed E-state index contributed by atoms with van der Waals surface area (Å²) < 4.78 is 0. The minimum absolute atomic E-state index is 0. The van der Waals surface area contributed by atoms with E-state index in [0.717, 1.165) is 18.7 Å². The van der Waals surface area contributed by atoms with Gasteiger partial charge in [0.1, 0.15) is 0 Å². The fourth-order valence-corrected chi connectivity index (χ4v) is 2.32. The molecule has 0 spiro atoms. The number of hydrogen-bond donors (Lipinski definition) is 2. The van der Waals surface area contributed by atoms with Crippen LogP contribution in [-0.4, -0.2) is 19.5 Å². The smallest absolute Gasteiger partial charge is 0.224 e. The van der Waals surface area contributed by atoms with Gasteiger partial charge in [-0.3, -0.25) is 4.79 Å². The molecule has 1 rings (SSSR count). The molecule has 1 aromatic rings. The summed E-state index contributed by atoms with van der Waals surface area (Å²) in [5.74, 6) is 0.915. The molecule has 4 heteroatoms. The van der Waals surface area contributed by atoms with E-state index in [2.05, 4.69) is 56.5 Å². The maximum absolute atomic E-state index is 12.1. The summed E-state index contributed by atoms with van der Waals surface area (Å²) in [6.07, 6.45) is 1.42. The third kappa shape index (κ3) is 6.06. The van der Waals surface area contributed by atoms with Crippen LogP contribution in [0.25, 0.3) is 0 Å². The van der Waals surface area contributed by atoms with Crippen LogP contribution < -0.4 is 10.6 Å². The second-order valence-electron chi connectivity index (χ2n) is 5.88.